The van der Waals surface area contributed by atoms with Crippen LogP contribution in [0.25, 0.3) is 0 Å². The molecular formula is C11H20N2O3. The van der Waals surface area contributed by atoms with Crippen molar-refractivity contribution in [1.29, 1.82) is 0 Å². The fourth-order valence-electron chi connectivity index (χ4n) is 1.16. The molecule has 5 heteroatoms. The Morgan fingerprint density at radius 2 is 2.19 bits per heavy atom. The van der Waals surface area contributed by atoms with E-state index in [1.165, 1.54) is 0 Å². The number of aliphatic carboxylic acids is 1. The Balaban J connectivity index is 3.73. The zero-order chi connectivity index (χ0) is 12.6. The van der Waals surface area contributed by atoms with E-state index in [0.717, 1.165) is 0 Å². The van der Waals surface area contributed by atoms with E-state index in [-0.39, 0.29) is 18.2 Å². The maximum atomic E-state index is 11.4. The van der Waals surface area contributed by atoms with Crippen LogP contribution in [-0.4, -0.2) is 29.6 Å². The number of rotatable bonds is 8. The Morgan fingerprint density at radius 3 is 2.69 bits per heavy atom. The van der Waals surface area contributed by atoms with Crippen LogP contribution in [0.15, 0.2) is 12.7 Å². The number of carboxylic acids is 1. The first-order valence-corrected chi connectivity index (χ1v) is 5.33. The summed E-state index contributed by atoms with van der Waals surface area (Å²) in [7, 11) is 0. The summed E-state index contributed by atoms with van der Waals surface area (Å²) in [6.45, 7) is 5.85. The highest BCUT2D eigenvalue weighted by Crippen LogP contribution is 2.03. The highest BCUT2D eigenvalue weighted by atomic mass is 16.4. The molecule has 0 aliphatic rings. The summed E-state index contributed by atoms with van der Waals surface area (Å²) in [5.41, 5.74) is 5.56. The predicted molar refractivity (Wildman–Crippen MR) is 61.8 cm³/mol. The first-order chi connectivity index (χ1) is 7.47. The van der Waals surface area contributed by atoms with Crippen LogP contribution in [0.4, 0.5) is 0 Å². The third-order valence-electron chi connectivity index (χ3n) is 2.23. The Bertz CT molecular complexity index is 254. The number of carbonyl (C=O) groups is 2. The van der Waals surface area contributed by atoms with Gasteiger partial charge in [0, 0.05) is 13.0 Å². The van der Waals surface area contributed by atoms with Gasteiger partial charge in [-0.3, -0.25) is 9.59 Å². The van der Waals surface area contributed by atoms with Gasteiger partial charge in [0.1, 0.15) is 0 Å². The first-order valence-electron chi connectivity index (χ1n) is 5.33. The van der Waals surface area contributed by atoms with Crippen molar-refractivity contribution in [2.24, 2.45) is 11.7 Å². The van der Waals surface area contributed by atoms with Gasteiger partial charge < -0.3 is 16.2 Å². The molecule has 2 atom stereocenters. The minimum Gasteiger partial charge on any atom is -0.481 e. The van der Waals surface area contributed by atoms with Crippen molar-refractivity contribution in [2.45, 2.75) is 32.2 Å². The molecule has 0 aliphatic heterocycles. The molecule has 0 fully saturated rings. The van der Waals surface area contributed by atoms with E-state index in [1.54, 1.807) is 6.08 Å². The molecule has 0 aromatic heterocycles. The average Bonchev–Trinajstić information content (AvgIpc) is 2.23. The van der Waals surface area contributed by atoms with Crippen molar-refractivity contribution in [3.8, 4) is 0 Å². The minimum atomic E-state index is -0.818. The number of hydrogen-bond donors (Lipinski definition) is 3. The first kappa shape index (κ1) is 14.6. The van der Waals surface area contributed by atoms with E-state index >= 15 is 0 Å². The van der Waals surface area contributed by atoms with Gasteiger partial charge in [-0.25, -0.2) is 0 Å². The van der Waals surface area contributed by atoms with Crippen LogP contribution in [-0.2, 0) is 9.59 Å². The molecule has 92 valence electrons. The number of amides is 1. The van der Waals surface area contributed by atoms with Crippen LogP contribution < -0.4 is 11.1 Å². The average molecular weight is 228 g/mol. The third-order valence-corrected chi connectivity index (χ3v) is 2.23. The van der Waals surface area contributed by atoms with Crippen molar-refractivity contribution < 1.29 is 14.7 Å². The fourth-order valence-corrected chi connectivity index (χ4v) is 1.16. The van der Waals surface area contributed by atoms with Gasteiger partial charge in [-0.1, -0.05) is 13.0 Å². The molecule has 5 nitrogen and oxygen atoms in total. The van der Waals surface area contributed by atoms with Gasteiger partial charge >= 0.3 is 5.97 Å². The summed E-state index contributed by atoms with van der Waals surface area (Å²) in [4.78, 5) is 21.7. The Hall–Kier alpha value is -1.36. The van der Waals surface area contributed by atoms with Gasteiger partial charge in [0.15, 0.2) is 0 Å². The summed E-state index contributed by atoms with van der Waals surface area (Å²) in [6, 6.07) is -0.566. The van der Waals surface area contributed by atoms with Crippen LogP contribution in [0.2, 0.25) is 0 Å². The largest absolute Gasteiger partial charge is 0.481 e. The third kappa shape index (κ3) is 7.00. The van der Waals surface area contributed by atoms with E-state index in [9.17, 15) is 9.59 Å². The number of nitrogens with one attached hydrogen (secondary N) is 1. The lowest BCUT2D eigenvalue weighted by Gasteiger charge is -2.14. The van der Waals surface area contributed by atoms with Crippen LogP contribution in [0.1, 0.15) is 26.2 Å². The standard InChI is InChI=1S/C11H20N2O3/c1-3-4-9(12)11(16)13-7-8(2)5-6-10(14)15/h3,8-9H,1,4-7,12H2,2H3,(H,13,16)(H,14,15). The molecule has 2 unspecified atom stereocenters. The topological polar surface area (TPSA) is 92.4 Å². The van der Waals surface area contributed by atoms with E-state index in [2.05, 4.69) is 11.9 Å². The maximum Gasteiger partial charge on any atom is 0.303 e. The Labute approximate surface area is 95.7 Å². The van der Waals surface area contributed by atoms with Gasteiger partial charge in [-0.05, 0) is 18.8 Å². The lowest BCUT2D eigenvalue weighted by molar-refractivity contribution is -0.137. The second-order valence-electron chi connectivity index (χ2n) is 3.91. The zero-order valence-electron chi connectivity index (χ0n) is 9.61. The SMILES string of the molecule is C=CCC(N)C(=O)NCC(C)CCC(=O)O. The van der Waals surface area contributed by atoms with E-state index in [4.69, 9.17) is 10.8 Å². The molecular weight excluding hydrogens is 208 g/mol. The predicted octanol–water partition coefficient (Wildman–Crippen LogP) is 0.507. The molecule has 0 aromatic carbocycles. The smallest absolute Gasteiger partial charge is 0.303 e. The summed E-state index contributed by atoms with van der Waals surface area (Å²) >= 11 is 0. The molecule has 0 saturated heterocycles. The van der Waals surface area contributed by atoms with Crippen molar-refractivity contribution in [1.82, 2.24) is 5.32 Å². The quantitative estimate of drug-likeness (QED) is 0.528. The van der Waals surface area contributed by atoms with Crippen molar-refractivity contribution >= 4 is 11.9 Å². The Kier molecular flexibility index (Phi) is 7.20. The molecule has 0 saturated carbocycles. The summed E-state index contributed by atoms with van der Waals surface area (Å²) < 4.78 is 0. The van der Waals surface area contributed by atoms with Gasteiger partial charge in [-0.2, -0.15) is 0 Å². The second-order valence-corrected chi connectivity index (χ2v) is 3.91. The summed E-state index contributed by atoms with van der Waals surface area (Å²) in [6.07, 6.45) is 2.70. The molecule has 16 heavy (non-hydrogen) atoms. The van der Waals surface area contributed by atoms with Crippen LogP contribution in [0, 0.1) is 5.92 Å². The molecule has 1 amide bonds. The normalized spacial score (nSPS) is 13.9. The Morgan fingerprint density at radius 1 is 1.56 bits per heavy atom. The van der Waals surface area contributed by atoms with Crippen LogP contribution in [0.5, 0.6) is 0 Å². The highest BCUT2D eigenvalue weighted by molar-refractivity contribution is 5.81. The van der Waals surface area contributed by atoms with E-state index < -0.39 is 12.0 Å². The molecule has 4 N–H and O–H groups in total. The van der Waals surface area contributed by atoms with Crippen LogP contribution in [0.3, 0.4) is 0 Å². The molecule has 0 heterocycles. The molecule has 0 radical (unpaired) electrons. The molecule has 0 spiro atoms. The van der Waals surface area contributed by atoms with Gasteiger partial charge in [0.2, 0.25) is 5.91 Å². The van der Waals surface area contributed by atoms with Crippen molar-refractivity contribution in [3.63, 3.8) is 0 Å². The van der Waals surface area contributed by atoms with E-state index in [0.29, 0.717) is 19.4 Å². The summed E-state index contributed by atoms with van der Waals surface area (Å²) in [5, 5.41) is 11.2. The number of carboxylic acid groups (broad SMARTS) is 1. The summed E-state index contributed by atoms with van der Waals surface area (Å²) in [5.74, 6) is -0.903. The lowest BCUT2D eigenvalue weighted by Crippen LogP contribution is -2.41. The van der Waals surface area contributed by atoms with Gasteiger partial charge in [-0.15, -0.1) is 6.58 Å². The van der Waals surface area contributed by atoms with E-state index in [1.807, 2.05) is 6.92 Å². The maximum absolute atomic E-state index is 11.4. The number of nitrogens with two attached hydrogens (primary N) is 1. The van der Waals surface area contributed by atoms with Crippen LogP contribution >= 0.6 is 0 Å². The molecule has 0 rings (SSSR count). The van der Waals surface area contributed by atoms with Gasteiger partial charge in [0.05, 0.1) is 6.04 Å². The number of carbonyl (C=O) groups excluding carboxylic acids is 1. The molecule has 0 aliphatic carbocycles. The van der Waals surface area contributed by atoms with Crippen molar-refractivity contribution in [2.75, 3.05) is 6.54 Å². The molecule has 0 bridgehead atoms. The highest BCUT2D eigenvalue weighted by Gasteiger charge is 2.12. The molecule has 0 aromatic rings. The lowest BCUT2D eigenvalue weighted by atomic mass is 10.1. The monoisotopic (exact) mass is 228 g/mol. The van der Waals surface area contributed by atoms with Gasteiger partial charge in [0.25, 0.3) is 0 Å². The van der Waals surface area contributed by atoms with Crippen molar-refractivity contribution in [3.05, 3.63) is 12.7 Å². The second kappa shape index (κ2) is 7.87. The number of hydrogen-bond acceptors (Lipinski definition) is 3. The zero-order valence-corrected chi connectivity index (χ0v) is 9.61. The minimum absolute atomic E-state index is 0.121. The fraction of sp³-hybridized carbons (Fsp3) is 0.636.